The molecule has 2 amide bonds. The van der Waals surface area contributed by atoms with Crippen LogP contribution in [0.1, 0.15) is 25.5 Å². The summed E-state index contributed by atoms with van der Waals surface area (Å²) in [5.41, 5.74) is 6.47. The van der Waals surface area contributed by atoms with Gasteiger partial charge in [-0.1, -0.05) is 30.3 Å². The number of carbonyl (C=O) groups is 3. The van der Waals surface area contributed by atoms with Crippen LogP contribution in [0.4, 0.5) is 0 Å². The Morgan fingerprint density at radius 1 is 1.31 bits per heavy atom. The van der Waals surface area contributed by atoms with Crippen molar-refractivity contribution in [2.45, 2.75) is 42.1 Å². The predicted octanol–water partition coefficient (Wildman–Crippen LogP) is -5.00. The van der Waals surface area contributed by atoms with Crippen molar-refractivity contribution in [3.63, 3.8) is 0 Å². The number of carboxylic acids is 1. The number of β-lactam (4-membered cyclic amide) rings is 1. The molecule has 2 aliphatic rings. The van der Waals surface area contributed by atoms with Crippen molar-refractivity contribution in [3.05, 3.63) is 35.9 Å². The van der Waals surface area contributed by atoms with Gasteiger partial charge in [0.25, 0.3) is 0 Å². The van der Waals surface area contributed by atoms with Gasteiger partial charge in [0.15, 0.2) is 0 Å². The minimum Gasteiger partial charge on any atom is -0.548 e. The Hall–Kier alpha value is -1.26. The number of rotatable bonds is 4. The van der Waals surface area contributed by atoms with Crippen molar-refractivity contribution in [2.24, 2.45) is 5.73 Å². The second-order valence-corrected chi connectivity index (χ2v) is 8.76. The van der Waals surface area contributed by atoms with Crippen LogP contribution >= 0.6 is 0 Å². The van der Waals surface area contributed by atoms with Gasteiger partial charge in [-0.05, 0) is 19.4 Å². The van der Waals surface area contributed by atoms with Gasteiger partial charge in [-0.3, -0.25) is 13.8 Å². The molecule has 26 heavy (non-hydrogen) atoms. The molecule has 2 fully saturated rings. The largest absolute Gasteiger partial charge is 1.00 e. The average molecular weight is 387 g/mol. The number of hydrogen-bond donors (Lipinski definition) is 2. The third-order valence-corrected chi connectivity index (χ3v) is 6.91. The van der Waals surface area contributed by atoms with Gasteiger partial charge in [-0.2, -0.15) is 0 Å². The van der Waals surface area contributed by atoms with E-state index in [-0.39, 0.29) is 29.6 Å². The monoisotopic (exact) mass is 387 g/mol. The summed E-state index contributed by atoms with van der Waals surface area (Å²) in [7, 11) is -1.67. The SMILES string of the molecule is CC1(C)C(C(=O)[O-])N2C(=O)C(NC(=O)C(N)c3ccccc3)C2S1=O.[Na+]. The number of hydrogen-bond acceptors (Lipinski definition) is 6. The van der Waals surface area contributed by atoms with E-state index in [0.717, 1.165) is 4.90 Å². The number of nitrogens with zero attached hydrogens (tertiary/aromatic N) is 1. The van der Waals surface area contributed by atoms with Crippen LogP contribution in [0.2, 0.25) is 0 Å². The maximum Gasteiger partial charge on any atom is 1.00 e. The number of nitrogens with two attached hydrogens (primary N) is 1. The first-order chi connectivity index (χ1) is 11.7. The van der Waals surface area contributed by atoms with Gasteiger partial charge in [0, 0.05) is 0 Å². The fraction of sp³-hybridized carbons (Fsp3) is 0.438. The zero-order valence-corrected chi connectivity index (χ0v) is 17.5. The van der Waals surface area contributed by atoms with Crippen molar-refractivity contribution in [3.8, 4) is 0 Å². The molecule has 0 radical (unpaired) electrons. The van der Waals surface area contributed by atoms with E-state index in [9.17, 15) is 23.7 Å². The summed E-state index contributed by atoms with van der Waals surface area (Å²) in [4.78, 5) is 37.1. The van der Waals surface area contributed by atoms with Crippen LogP contribution in [0.15, 0.2) is 30.3 Å². The molecule has 8 nitrogen and oxygen atoms in total. The molecule has 2 heterocycles. The standard InChI is InChI=1S/C16H19N3O5S.Na/c1-16(2)11(15(22)23)19-13(21)10(14(19)25(16)24)18-12(20)9(17)8-6-4-3-5-7-8;/h3-7,9-11,14H,17H2,1-2H3,(H,18,20)(H,22,23);/q;+1/p-1. The average Bonchev–Trinajstić information content (AvgIpc) is 2.77. The Bertz CT molecular complexity index is 772. The van der Waals surface area contributed by atoms with Crippen molar-refractivity contribution < 1.29 is 53.3 Å². The number of aliphatic carboxylic acids is 1. The second kappa shape index (κ2) is 7.40. The molecule has 5 atom stereocenters. The molecule has 0 spiro atoms. The van der Waals surface area contributed by atoms with Gasteiger partial charge in [-0.15, -0.1) is 0 Å². The number of nitrogens with one attached hydrogen (secondary N) is 1. The van der Waals surface area contributed by atoms with Crippen LogP contribution in [0, 0.1) is 0 Å². The first-order valence-electron chi connectivity index (χ1n) is 7.72. The third kappa shape index (κ3) is 3.11. The van der Waals surface area contributed by atoms with Crippen LogP contribution in [-0.2, 0) is 25.2 Å². The Morgan fingerprint density at radius 3 is 2.42 bits per heavy atom. The van der Waals surface area contributed by atoms with E-state index < -0.39 is 56.8 Å². The molecule has 134 valence electrons. The van der Waals surface area contributed by atoms with E-state index in [0.29, 0.717) is 5.56 Å². The molecule has 3 N–H and O–H groups in total. The number of carbonyl (C=O) groups excluding carboxylic acids is 3. The summed E-state index contributed by atoms with van der Waals surface area (Å²) in [5, 5.41) is 13.0. The minimum absolute atomic E-state index is 0. The summed E-state index contributed by atoms with van der Waals surface area (Å²) in [5.74, 6) is -2.64. The third-order valence-electron chi connectivity index (χ3n) is 4.72. The second-order valence-electron chi connectivity index (χ2n) is 6.63. The van der Waals surface area contributed by atoms with E-state index >= 15 is 0 Å². The Morgan fingerprint density at radius 2 is 1.88 bits per heavy atom. The van der Waals surface area contributed by atoms with Crippen molar-refractivity contribution in [1.82, 2.24) is 10.2 Å². The maximum atomic E-state index is 12.6. The fourth-order valence-corrected chi connectivity index (χ4v) is 5.24. The van der Waals surface area contributed by atoms with Crippen LogP contribution in [0.3, 0.4) is 0 Å². The summed E-state index contributed by atoms with van der Waals surface area (Å²) in [6.07, 6.45) is 0. The van der Waals surface area contributed by atoms with Crippen molar-refractivity contribution >= 4 is 28.6 Å². The minimum atomic E-state index is -1.67. The molecule has 1 aromatic rings. The zero-order chi connectivity index (χ0) is 18.5. The number of amides is 2. The first kappa shape index (κ1) is 21.0. The van der Waals surface area contributed by atoms with Gasteiger partial charge < -0.3 is 25.9 Å². The van der Waals surface area contributed by atoms with E-state index in [1.165, 1.54) is 13.8 Å². The van der Waals surface area contributed by atoms with Crippen LogP contribution in [0.5, 0.6) is 0 Å². The van der Waals surface area contributed by atoms with Gasteiger partial charge in [-0.25, -0.2) is 0 Å². The van der Waals surface area contributed by atoms with Crippen molar-refractivity contribution in [2.75, 3.05) is 0 Å². The van der Waals surface area contributed by atoms with Crippen molar-refractivity contribution in [1.29, 1.82) is 0 Å². The first-order valence-corrected chi connectivity index (χ1v) is 8.94. The quantitative estimate of drug-likeness (QED) is 0.393. The topological polar surface area (TPSA) is 133 Å². The summed E-state index contributed by atoms with van der Waals surface area (Å²) in [6, 6.07) is 5.29. The fourth-order valence-electron chi connectivity index (χ4n) is 3.33. The summed E-state index contributed by atoms with van der Waals surface area (Å²) >= 11 is 0. The van der Waals surface area contributed by atoms with Crippen LogP contribution in [0.25, 0.3) is 0 Å². The molecule has 3 rings (SSSR count). The maximum absolute atomic E-state index is 12.6. The number of benzene rings is 1. The molecule has 5 unspecified atom stereocenters. The van der Waals surface area contributed by atoms with E-state index in [1.807, 2.05) is 0 Å². The number of fused-ring (bicyclic) bond motifs is 1. The van der Waals surface area contributed by atoms with Gasteiger partial charge >= 0.3 is 29.6 Å². The Kier molecular flexibility index (Phi) is 5.99. The molecule has 2 saturated heterocycles. The predicted molar refractivity (Wildman–Crippen MR) is 87.0 cm³/mol. The zero-order valence-electron chi connectivity index (χ0n) is 14.7. The molecular weight excluding hydrogens is 369 g/mol. The number of carboxylic acid groups (broad SMARTS) is 1. The van der Waals surface area contributed by atoms with E-state index in [2.05, 4.69) is 5.32 Å². The molecule has 1 aromatic carbocycles. The molecule has 0 saturated carbocycles. The van der Waals surface area contributed by atoms with E-state index in [1.54, 1.807) is 30.3 Å². The molecule has 0 bridgehead atoms. The van der Waals surface area contributed by atoms with Crippen LogP contribution in [-0.4, -0.2) is 49.1 Å². The smallest absolute Gasteiger partial charge is 0.548 e. The van der Waals surface area contributed by atoms with E-state index in [4.69, 9.17) is 5.73 Å². The van der Waals surface area contributed by atoms with Gasteiger partial charge in [0.2, 0.25) is 11.8 Å². The Labute approximate surface area is 175 Å². The summed E-state index contributed by atoms with van der Waals surface area (Å²) < 4.78 is 11.5. The molecule has 2 aliphatic heterocycles. The summed E-state index contributed by atoms with van der Waals surface area (Å²) in [6.45, 7) is 3.01. The molecular formula is C16H18N3NaO5S. The van der Waals surface area contributed by atoms with Crippen LogP contribution < -0.4 is 45.7 Å². The Balaban J connectivity index is 0.00000243. The normalized spacial score (nSPS) is 29.8. The molecule has 0 aliphatic carbocycles. The van der Waals surface area contributed by atoms with Gasteiger partial charge in [0.05, 0.1) is 27.6 Å². The molecule has 10 heteroatoms. The van der Waals surface area contributed by atoms with Gasteiger partial charge in [0.1, 0.15) is 17.5 Å². The molecule has 0 aromatic heterocycles.